The third-order valence-electron chi connectivity index (χ3n) is 2.73. The lowest BCUT2D eigenvalue weighted by Crippen LogP contribution is -2.35. The van der Waals surface area contributed by atoms with Crippen molar-refractivity contribution in [3.8, 4) is 11.5 Å². The van der Waals surface area contributed by atoms with Gasteiger partial charge in [0.2, 0.25) is 0 Å². The van der Waals surface area contributed by atoms with E-state index in [9.17, 15) is 0 Å². The van der Waals surface area contributed by atoms with Gasteiger partial charge in [-0.25, -0.2) is 0 Å². The highest BCUT2D eigenvalue weighted by molar-refractivity contribution is 5.46. The minimum absolute atomic E-state index is 0.0803. The minimum Gasteiger partial charge on any atom is -0.490 e. The number of ether oxygens (including phenoxy) is 2. The van der Waals surface area contributed by atoms with E-state index in [4.69, 9.17) is 9.47 Å². The second-order valence-corrected chi connectivity index (χ2v) is 6.49. The Morgan fingerprint density at radius 3 is 2.40 bits per heavy atom. The molecule has 0 unspecified atom stereocenters. The first-order valence-electron chi connectivity index (χ1n) is 7.46. The first-order chi connectivity index (χ1) is 9.33. The Morgan fingerprint density at radius 2 is 1.85 bits per heavy atom. The zero-order valence-electron chi connectivity index (χ0n) is 13.7. The first kappa shape index (κ1) is 16.8. The second kappa shape index (κ2) is 7.53. The SMILES string of the molecule is CCOc1cccc(CNC(C)(C)C)c1OCC(C)C. The van der Waals surface area contributed by atoms with E-state index in [0.717, 1.165) is 23.6 Å². The van der Waals surface area contributed by atoms with Crippen molar-refractivity contribution in [2.24, 2.45) is 5.92 Å². The van der Waals surface area contributed by atoms with Gasteiger partial charge in [0.15, 0.2) is 11.5 Å². The zero-order valence-corrected chi connectivity index (χ0v) is 13.7. The molecule has 1 rings (SSSR count). The number of hydrogen-bond donors (Lipinski definition) is 1. The normalized spacial score (nSPS) is 11.8. The number of hydrogen-bond acceptors (Lipinski definition) is 3. The van der Waals surface area contributed by atoms with Crippen LogP contribution in [-0.4, -0.2) is 18.8 Å². The molecule has 20 heavy (non-hydrogen) atoms. The fraction of sp³-hybridized carbons (Fsp3) is 0.647. The van der Waals surface area contributed by atoms with Crippen molar-refractivity contribution < 1.29 is 9.47 Å². The topological polar surface area (TPSA) is 30.5 Å². The van der Waals surface area contributed by atoms with E-state index >= 15 is 0 Å². The summed E-state index contributed by atoms with van der Waals surface area (Å²) in [5.74, 6) is 2.20. The minimum atomic E-state index is 0.0803. The number of nitrogens with one attached hydrogen (secondary N) is 1. The summed E-state index contributed by atoms with van der Waals surface area (Å²) in [4.78, 5) is 0. The van der Waals surface area contributed by atoms with Crippen LogP contribution in [0.25, 0.3) is 0 Å². The lowest BCUT2D eigenvalue weighted by atomic mass is 10.1. The van der Waals surface area contributed by atoms with E-state index in [0.29, 0.717) is 19.1 Å². The summed E-state index contributed by atoms with van der Waals surface area (Å²) in [5.41, 5.74) is 1.23. The molecule has 0 fully saturated rings. The van der Waals surface area contributed by atoms with Gasteiger partial charge in [-0.15, -0.1) is 0 Å². The molecular weight excluding hydrogens is 250 g/mol. The summed E-state index contributed by atoms with van der Waals surface area (Å²) in [7, 11) is 0. The van der Waals surface area contributed by atoms with Gasteiger partial charge in [-0.2, -0.15) is 0 Å². The maximum atomic E-state index is 5.98. The Balaban J connectivity index is 2.92. The molecule has 0 saturated heterocycles. The monoisotopic (exact) mass is 279 g/mol. The Bertz CT molecular complexity index is 408. The van der Waals surface area contributed by atoms with Crippen LogP contribution < -0.4 is 14.8 Å². The summed E-state index contributed by atoms with van der Waals surface area (Å²) in [6.45, 7) is 14.9. The third kappa shape index (κ3) is 5.83. The molecule has 114 valence electrons. The molecule has 0 saturated carbocycles. The van der Waals surface area contributed by atoms with Crippen LogP contribution in [0, 0.1) is 5.92 Å². The van der Waals surface area contributed by atoms with Gasteiger partial charge in [-0.3, -0.25) is 0 Å². The summed E-state index contributed by atoms with van der Waals surface area (Å²) >= 11 is 0. The van der Waals surface area contributed by atoms with E-state index in [1.54, 1.807) is 0 Å². The van der Waals surface area contributed by atoms with Gasteiger partial charge in [-0.05, 0) is 39.7 Å². The smallest absolute Gasteiger partial charge is 0.165 e. The summed E-state index contributed by atoms with van der Waals surface area (Å²) in [5, 5.41) is 3.50. The van der Waals surface area contributed by atoms with E-state index in [1.165, 1.54) is 0 Å². The predicted octanol–water partition coefficient (Wildman–Crippen LogP) is 4.01. The lowest BCUT2D eigenvalue weighted by molar-refractivity contribution is 0.244. The number of para-hydroxylation sites is 1. The number of benzene rings is 1. The molecule has 0 amide bonds. The molecule has 0 atom stereocenters. The van der Waals surface area contributed by atoms with Crippen LogP contribution in [0.1, 0.15) is 47.1 Å². The average Bonchev–Trinajstić information content (AvgIpc) is 2.34. The molecule has 0 spiro atoms. The summed E-state index contributed by atoms with van der Waals surface area (Å²) < 4.78 is 11.7. The maximum Gasteiger partial charge on any atom is 0.165 e. The largest absolute Gasteiger partial charge is 0.490 e. The lowest BCUT2D eigenvalue weighted by Gasteiger charge is -2.23. The third-order valence-corrected chi connectivity index (χ3v) is 2.73. The molecule has 0 radical (unpaired) electrons. The second-order valence-electron chi connectivity index (χ2n) is 6.49. The Labute approximate surface area is 123 Å². The molecule has 3 heteroatoms. The average molecular weight is 279 g/mol. The fourth-order valence-electron chi connectivity index (χ4n) is 1.74. The highest BCUT2D eigenvalue weighted by Crippen LogP contribution is 2.32. The molecular formula is C17H29NO2. The van der Waals surface area contributed by atoms with Crippen LogP contribution in [0.5, 0.6) is 11.5 Å². The number of rotatable bonds is 7. The highest BCUT2D eigenvalue weighted by atomic mass is 16.5. The fourth-order valence-corrected chi connectivity index (χ4v) is 1.74. The van der Waals surface area contributed by atoms with E-state index in [2.05, 4.69) is 46.0 Å². The van der Waals surface area contributed by atoms with Crippen molar-refractivity contribution in [2.75, 3.05) is 13.2 Å². The van der Waals surface area contributed by atoms with Crippen molar-refractivity contribution in [3.63, 3.8) is 0 Å². The molecule has 0 aromatic heterocycles. The zero-order chi connectivity index (χ0) is 15.2. The molecule has 0 heterocycles. The van der Waals surface area contributed by atoms with Gasteiger partial charge in [0.1, 0.15) is 0 Å². The van der Waals surface area contributed by atoms with Crippen molar-refractivity contribution in [2.45, 2.75) is 53.6 Å². The molecule has 3 nitrogen and oxygen atoms in total. The highest BCUT2D eigenvalue weighted by Gasteiger charge is 2.15. The Hall–Kier alpha value is -1.22. The molecule has 1 aromatic carbocycles. The Morgan fingerprint density at radius 1 is 1.15 bits per heavy atom. The standard InChI is InChI=1S/C17H29NO2/c1-7-19-15-10-8-9-14(11-18-17(4,5)6)16(15)20-12-13(2)3/h8-10,13,18H,7,11-12H2,1-6H3. The van der Waals surface area contributed by atoms with Crippen molar-refractivity contribution >= 4 is 0 Å². The van der Waals surface area contributed by atoms with E-state index in [1.807, 2.05) is 19.1 Å². The molecule has 0 aliphatic carbocycles. The van der Waals surface area contributed by atoms with Crippen LogP contribution in [0.2, 0.25) is 0 Å². The van der Waals surface area contributed by atoms with Gasteiger partial charge >= 0.3 is 0 Å². The predicted molar refractivity (Wildman–Crippen MR) is 84.5 cm³/mol. The molecule has 0 aliphatic rings. The van der Waals surface area contributed by atoms with Crippen LogP contribution in [0.4, 0.5) is 0 Å². The van der Waals surface area contributed by atoms with Gasteiger partial charge in [0, 0.05) is 17.6 Å². The summed E-state index contributed by atoms with van der Waals surface area (Å²) in [6, 6.07) is 6.09. The van der Waals surface area contributed by atoms with Crippen LogP contribution in [0.3, 0.4) is 0 Å². The van der Waals surface area contributed by atoms with Crippen molar-refractivity contribution in [3.05, 3.63) is 23.8 Å². The van der Waals surface area contributed by atoms with E-state index < -0.39 is 0 Å². The van der Waals surface area contributed by atoms with Gasteiger partial charge in [-0.1, -0.05) is 26.0 Å². The van der Waals surface area contributed by atoms with Gasteiger partial charge in [0.05, 0.1) is 13.2 Å². The van der Waals surface area contributed by atoms with Crippen LogP contribution >= 0.6 is 0 Å². The van der Waals surface area contributed by atoms with Crippen molar-refractivity contribution in [1.29, 1.82) is 0 Å². The van der Waals surface area contributed by atoms with Gasteiger partial charge < -0.3 is 14.8 Å². The van der Waals surface area contributed by atoms with Gasteiger partial charge in [0.25, 0.3) is 0 Å². The molecule has 0 aliphatic heterocycles. The molecule has 0 bridgehead atoms. The molecule has 1 N–H and O–H groups in total. The quantitative estimate of drug-likeness (QED) is 0.818. The van der Waals surface area contributed by atoms with Crippen molar-refractivity contribution in [1.82, 2.24) is 5.32 Å². The van der Waals surface area contributed by atoms with E-state index in [-0.39, 0.29) is 5.54 Å². The molecule has 1 aromatic rings. The summed E-state index contributed by atoms with van der Waals surface area (Å²) in [6.07, 6.45) is 0. The van der Waals surface area contributed by atoms with Crippen LogP contribution in [-0.2, 0) is 6.54 Å². The Kier molecular flexibility index (Phi) is 6.34. The first-order valence-corrected chi connectivity index (χ1v) is 7.46. The van der Waals surface area contributed by atoms with Crippen LogP contribution in [0.15, 0.2) is 18.2 Å². The maximum absolute atomic E-state index is 5.98.